The summed E-state index contributed by atoms with van der Waals surface area (Å²) in [5, 5.41) is 15.7. The van der Waals surface area contributed by atoms with E-state index in [0.717, 1.165) is 25.7 Å². The predicted octanol–water partition coefficient (Wildman–Crippen LogP) is 2.94. The van der Waals surface area contributed by atoms with Crippen LogP contribution >= 0.6 is 24.0 Å². The molecule has 0 saturated heterocycles. The highest BCUT2D eigenvalue weighted by atomic mass is 127. The maximum atomic E-state index is 13.4. The molecule has 3 N–H and O–H groups in total. The Labute approximate surface area is 170 Å². The predicted molar refractivity (Wildman–Crippen MR) is 109 cm³/mol. The van der Waals surface area contributed by atoms with Gasteiger partial charge in [0.2, 0.25) is 0 Å². The van der Waals surface area contributed by atoms with Crippen LogP contribution in [0.2, 0.25) is 0 Å². The van der Waals surface area contributed by atoms with Crippen molar-refractivity contribution in [1.82, 2.24) is 10.6 Å². The fourth-order valence-corrected chi connectivity index (χ4v) is 2.97. The van der Waals surface area contributed by atoms with Gasteiger partial charge in [-0.1, -0.05) is 6.07 Å². The number of aromatic hydroxyl groups is 1. The number of guanidine groups is 1. The van der Waals surface area contributed by atoms with Crippen LogP contribution in [0, 0.1) is 11.7 Å². The van der Waals surface area contributed by atoms with Gasteiger partial charge in [-0.05, 0) is 50.3 Å². The van der Waals surface area contributed by atoms with Crippen LogP contribution in [0.5, 0.6) is 5.75 Å². The molecular weight excluding hydrogens is 452 g/mol. The number of phenols is 1. The molecule has 1 aliphatic carbocycles. The summed E-state index contributed by atoms with van der Waals surface area (Å²) in [6.45, 7) is 2.64. The number of carbonyl (C=O) groups is 1. The van der Waals surface area contributed by atoms with Gasteiger partial charge in [0, 0.05) is 19.6 Å². The Bertz CT molecular complexity index is 620. The number of esters is 1. The normalized spacial score (nSPS) is 20.0. The molecule has 0 amide bonds. The van der Waals surface area contributed by atoms with Gasteiger partial charge in [-0.3, -0.25) is 9.79 Å². The third-order valence-electron chi connectivity index (χ3n) is 4.38. The van der Waals surface area contributed by atoms with Crippen LogP contribution in [0.1, 0.15) is 38.2 Å². The van der Waals surface area contributed by atoms with E-state index in [1.807, 2.05) is 6.92 Å². The van der Waals surface area contributed by atoms with E-state index in [-0.39, 0.29) is 47.7 Å². The quantitative estimate of drug-likeness (QED) is 0.262. The first-order valence-corrected chi connectivity index (χ1v) is 8.64. The first-order chi connectivity index (χ1) is 12.0. The summed E-state index contributed by atoms with van der Waals surface area (Å²) in [7, 11) is 1.68. The van der Waals surface area contributed by atoms with Crippen LogP contribution in [0.25, 0.3) is 0 Å². The Morgan fingerprint density at radius 1 is 1.35 bits per heavy atom. The van der Waals surface area contributed by atoms with Crippen LogP contribution < -0.4 is 10.6 Å². The molecule has 6 nitrogen and oxygen atoms in total. The van der Waals surface area contributed by atoms with E-state index in [1.54, 1.807) is 13.1 Å². The number of ether oxygens (including phenoxy) is 1. The molecule has 1 aromatic rings. The zero-order valence-corrected chi connectivity index (χ0v) is 17.5. The van der Waals surface area contributed by atoms with Crippen molar-refractivity contribution < 1.29 is 19.0 Å². The Balaban J connectivity index is 0.00000338. The number of carbonyl (C=O) groups excluding carboxylic acids is 1. The SMILES string of the molecule is CCOC(=O)C1CCC(NC(=NC)NCc2ccc(O)c(F)c2)CC1.I. The summed E-state index contributed by atoms with van der Waals surface area (Å²) in [5.74, 6) is -0.469. The van der Waals surface area contributed by atoms with Crippen molar-refractivity contribution in [3.63, 3.8) is 0 Å². The zero-order valence-electron chi connectivity index (χ0n) is 15.1. The smallest absolute Gasteiger partial charge is 0.308 e. The van der Waals surface area contributed by atoms with E-state index >= 15 is 0 Å². The minimum Gasteiger partial charge on any atom is -0.505 e. The summed E-state index contributed by atoms with van der Waals surface area (Å²) in [6, 6.07) is 4.52. The van der Waals surface area contributed by atoms with E-state index in [1.165, 1.54) is 12.1 Å². The molecule has 0 atom stereocenters. The molecule has 0 unspecified atom stereocenters. The van der Waals surface area contributed by atoms with Gasteiger partial charge in [-0.15, -0.1) is 24.0 Å². The number of nitrogens with zero attached hydrogens (tertiary/aromatic N) is 1. The number of halogens is 2. The average Bonchev–Trinajstić information content (AvgIpc) is 2.62. The van der Waals surface area contributed by atoms with Crippen LogP contribution in [0.3, 0.4) is 0 Å². The lowest BCUT2D eigenvalue weighted by Gasteiger charge is -2.29. The third-order valence-corrected chi connectivity index (χ3v) is 4.38. The van der Waals surface area contributed by atoms with Crippen LogP contribution in [0.4, 0.5) is 4.39 Å². The van der Waals surface area contributed by atoms with Crippen molar-refractivity contribution in [3.8, 4) is 5.75 Å². The highest BCUT2D eigenvalue weighted by molar-refractivity contribution is 14.0. The van der Waals surface area contributed by atoms with Gasteiger partial charge in [0.1, 0.15) is 0 Å². The lowest BCUT2D eigenvalue weighted by atomic mass is 9.86. The van der Waals surface area contributed by atoms with Crippen molar-refractivity contribution in [1.29, 1.82) is 0 Å². The van der Waals surface area contributed by atoms with E-state index in [0.29, 0.717) is 24.7 Å². The zero-order chi connectivity index (χ0) is 18.2. The molecule has 1 fully saturated rings. The second-order valence-electron chi connectivity index (χ2n) is 6.16. The van der Waals surface area contributed by atoms with Crippen molar-refractivity contribution in [2.75, 3.05) is 13.7 Å². The number of hydrogen-bond acceptors (Lipinski definition) is 4. The molecule has 26 heavy (non-hydrogen) atoms. The molecule has 2 rings (SSSR count). The van der Waals surface area contributed by atoms with Crippen molar-refractivity contribution in [2.24, 2.45) is 10.9 Å². The van der Waals surface area contributed by atoms with E-state index in [4.69, 9.17) is 4.74 Å². The first-order valence-electron chi connectivity index (χ1n) is 8.64. The third kappa shape index (κ3) is 6.62. The van der Waals surface area contributed by atoms with Gasteiger partial charge in [0.25, 0.3) is 0 Å². The Kier molecular flexibility index (Phi) is 9.68. The molecule has 0 bridgehead atoms. The molecule has 146 valence electrons. The fraction of sp³-hybridized carbons (Fsp3) is 0.556. The number of rotatable bonds is 5. The second-order valence-corrected chi connectivity index (χ2v) is 6.16. The van der Waals surface area contributed by atoms with Gasteiger partial charge < -0.3 is 20.5 Å². The molecule has 1 aliphatic rings. The standard InChI is InChI=1S/C18H26FN3O3.HI/c1-3-25-17(24)13-5-7-14(8-6-13)22-18(20-2)21-11-12-4-9-16(23)15(19)10-12;/h4,9-10,13-14,23H,3,5-8,11H2,1-2H3,(H2,20,21,22);1H. The minimum absolute atomic E-state index is 0. The van der Waals surface area contributed by atoms with E-state index in [9.17, 15) is 14.3 Å². The lowest BCUT2D eigenvalue weighted by Crippen LogP contribution is -2.45. The van der Waals surface area contributed by atoms with E-state index in [2.05, 4.69) is 15.6 Å². The Hall–Kier alpha value is -1.58. The second kappa shape index (κ2) is 11.2. The van der Waals surface area contributed by atoms with Gasteiger partial charge >= 0.3 is 5.97 Å². The van der Waals surface area contributed by atoms with E-state index < -0.39 is 5.82 Å². The molecule has 8 heteroatoms. The number of benzene rings is 1. The largest absolute Gasteiger partial charge is 0.505 e. The van der Waals surface area contributed by atoms with Crippen molar-refractivity contribution in [3.05, 3.63) is 29.6 Å². The molecular formula is C18H27FIN3O3. The average molecular weight is 479 g/mol. The number of phenolic OH excluding ortho intramolecular Hbond substituents is 1. The maximum Gasteiger partial charge on any atom is 0.308 e. The molecule has 1 aromatic carbocycles. The minimum atomic E-state index is -0.639. The molecule has 0 aliphatic heterocycles. The van der Waals surface area contributed by atoms with Crippen LogP contribution in [0.15, 0.2) is 23.2 Å². The number of nitrogens with one attached hydrogen (secondary N) is 2. The molecule has 0 heterocycles. The highest BCUT2D eigenvalue weighted by Crippen LogP contribution is 2.25. The summed E-state index contributed by atoms with van der Waals surface area (Å²) >= 11 is 0. The highest BCUT2D eigenvalue weighted by Gasteiger charge is 2.27. The molecule has 1 saturated carbocycles. The molecule has 0 aromatic heterocycles. The van der Waals surface area contributed by atoms with Gasteiger partial charge in [-0.25, -0.2) is 4.39 Å². The summed E-state index contributed by atoms with van der Waals surface area (Å²) in [6.07, 6.45) is 3.35. The van der Waals surface area contributed by atoms with Gasteiger partial charge in [0.05, 0.1) is 12.5 Å². The Morgan fingerprint density at radius 2 is 2.04 bits per heavy atom. The Morgan fingerprint density at radius 3 is 2.62 bits per heavy atom. The van der Waals surface area contributed by atoms with Crippen molar-refractivity contribution >= 4 is 35.9 Å². The molecule has 0 spiro atoms. The maximum absolute atomic E-state index is 13.4. The summed E-state index contributed by atoms with van der Waals surface area (Å²) in [4.78, 5) is 15.9. The van der Waals surface area contributed by atoms with Gasteiger partial charge in [0.15, 0.2) is 17.5 Å². The lowest BCUT2D eigenvalue weighted by molar-refractivity contribution is -0.149. The summed E-state index contributed by atoms with van der Waals surface area (Å²) in [5.41, 5.74) is 0.712. The molecule has 0 radical (unpaired) electrons. The number of hydrogen-bond donors (Lipinski definition) is 3. The van der Waals surface area contributed by atoms with Crippen LogP contribution in [-0.2, 0) is 16.1 Å². The van der Waals surface area contributed by atoms with Gasteiger partial charge in [-0.2, -0.15) is 0 Å². The number of aliphatic imine (C=N–C) groups is 1. The fourth-order valence-electron chi connectivity index (χ4n) is 2.97. The van der Waals surface area contributed by atoms with Crippen LogP contribution in [-0.4, -0.2) is 36.7 Å². The first kappa shape index (κ1) is 22.5. The topological polar surface area (TPSA) is 83.0 Å². The van der Waals surface area contributed by atoms with Crippen molar-refractivity contribution in [2.45, 2.75) is 45.2 Å². The summed E-state index contributed by atoms with van der Waals surface area (Å²) < 4.78 is 18.4. The monoisotopic (exact) mass is 479 g/mol.